The van der Waals surface area contributed by atoms with Gasteiger partial charge in [0.2, 0.25) is 5.91 Å². The SMILES string of the molecule is Cc1cn[nH]c1C[C@H]1CCCN(C(=O)CCN(C)Cc2ccccn2)C1. The molecular weight excluding hydrogens is 326 g/mol. The number of hydrogen-bond acceptors (Lipinski definition) is 4. The Morgan fingerprint density at radius 2 is 2.31 bits per heavy atom. The average molecular weight is 355 g/mol. The molecule has 6 heteroatoms. The number of aromatic nitrogens is 3. The third-order valence-electron chi connectivity index (χ3n) is 5.16. The molecule has 1 aliphatic rings. The number of carbonyl (C=O) groups is 1. The maximum Gasteiger partial charge on any atom is 0.223 e. The first kappa shape index (κ1) is 18.6. The second kappa shape index (κ2) is 8.94. The van der Waals surface area contributed by atoms with Crippen molar-refractivity contribution in [3.63, 3.8) is 0 Å². The molecule has 1 atom stereocenters. The van der Waals surface area contributed by atoms with E-state index in [1.807, 2.05) is 37.6 Å². The largest absolute Gasteiger partial charge is 0.342 e. The summed E-state index contributed by atoms with van der Waals surface area (Å²) in [6.45, 7) is 5.37. The lowest BCUT2D eigenvalue weighted by molar-refractivity contribution is -0.133. The zero-order valence-corrected chi connectivity index (χ0v) is 15.8. The van der Waals surface area contributed by atoms with E-state index >= 15 is 0 Å². The molecule has 1 saturated heterocycles. The van der Waals surface area contributed by atoms with Gasteiger partial charge in [-0.15, -0.1) is 0 Å². The van der Waals surface area contributed by atoms with Crippen LogP contribution in [0.3, 0.4) is 0 Å². The summed E-state index contributed by atoms with van der Waals surface area (Å²) in [6, 6.07) is 5.94. The molecule has 26 heavy (non-hydrogen) atoms. The van der Waals surface area contributed by atoms with E-state index in [4.69, 9.17) is 0 Å². The lowest BCUT2D eigenvalue weighted by atomic mass is 9.92. The molecule has 0 bridgehead atoms. The molecule has 1 aliphatic heterocycles. The first-order valence-corrected chi connectivity index (χ1v) is 9.47. The number of piperidine rings is 1. The van der Waals surface area contributed by atoms with Crippen LogP contribution in [0, 0.1) is 12.8 Å². The number of rotatable bonds is 7. The minimum atomic E-state index is 0.268. The van der Waals surface area contributed by atoms with Gasteiger partial charge in [-0.1, -0.05) is 6.07 Å². The van der Waals surface area contributed by atoms with Crippen LogP contribution in [0.5, 0.6) is 0 Å². The molecule has 0 spiro atoms. The van der Waals surface area contributed by atoms with Gasteiger partial charge in [0.25, 0.3) is 0 Å². The van der Waals surface area contributed by atoms with Gasteiger partial charge in [-0.3, -0.25) is 14.9 Å². The van der Waals surface area contributed by atoms with Crippen LogP contribution in [-0.2, 0) is 17.8 Å². The summed E-state index contributed by atoms with van der Waals surface area (Å²) in [5, 5.41) is 7.20. The monoisotopic (exact) mass is 355 g/mol. The van der Waals surface area contributed by atoms with E-state index in [9.17, 15) is 4.79 Å². The summed E-state index contributed by atoms with van der Waals surface area (Å²) in [7, 11) is 2.04. The van der Waals surface area contributed by atoms with Gasteiger partial charge in [0, 0.05) is 44.5 Å². The highest BCUT2D eigenvalue weighted by molar-refractivity contribution is 5.76. The van der Waals surface area contributed by atoms with Gasteiger partial charge >= 0.3 is 0 Å². The van der Waals surface area contributed by atoms with Gasteiger partial charge in [-0.25, -0.2) is 0 Å². The molecule has 6 nitrogen and oxygen atoms in total. The minimum absolute atomic E-state index is 0.268. The molecule has 1 amide bonds. The van der Waals surface area contributed by atoms with Gasteiger partial charge in [0.05, 0.1) is 11.9 Å². The number of aryl methyl sites for hydroxylation is 1. The van der Waals surface area contributed by atoms with Crippen molar-refractivity contribution in [3.8, 4) is 0 Å². The topological polar surface area (TPSA) is 65.1 Å². The molecule has 0 saturated carbocycles. The van der Waals surface area contributed by atoms with Crippen LogP contribution in [0.2, 0.25) is 0 Å². The fourth-order valence-electron chi connectivity index (χ4n) is 3.62. The zero-order valence-electron chi connectivity index (χ0n) is 15.8. The van der Waals surface area contributed by atoms with E-state index < -0.39 is 0 Å². The molecular formula is C20H29N5O. The van der Waals surface area contributed by atoms with E-state index in [0.717, 1.165) is 44.7 Å². The molecule has 0 unspecified atom stereocenters. The highest BCUT2D eigenvalue weighted by atomic mass is 16.2. The van der Waals surface area contributed by atoms with E-state index in [1.165, 1.54) is 17.7 Å². The second-order valence-corrected chi connectivity index (χ2v) is 7.39. The van der Waals surface area contributed by atoms with Crippen LogP contribution in [0.15, 0.2) is 30.6 Å². The molecule has 3 rings (SSSR count). The number of H-pyrrole nitrogens is 1. The maximum atomic E-state index is 12.6. The molecule has 1 N–H and O–H groups in total. The average Bonchev–Trinajstić information content (AvgIpc) is 3.05. The molecule has 0 aromatic carbocycles. The Balaban J connectivity index is 1.44. The quantitative estimate of drug-likeness (QED) is 0.828. The van der Waals surface area contributed by atoms with E-state index in [1.54, 1.807) is 0 Å². The van der Waals surface area contributed by atoms with Crippen LogP contribution in [-0.4, -0.2) is 57.6 Å². The molecule has 2 aromatic heterocycles. The number of amides is 1. The summed E-state index contributed by atoms with van der Waals surface area (Å²) in [5.74, 6) is 0.794. The number of nitrogens with zero attached hydrogens (tertiary/aromatic N) is 4. The Hall–Kier alpha value is -2.21. The molecule has 140 valence electrons. The first-order chi connectivity index (χ1) is 12.6. The highest BCUT2D eigenvalue weighted by Crippen LogP contribution is 2.22. The van der Waals surface area contributed by atoms with Crippen molar-refractivity contribution < 1.29 is 4.79 Å². The number of nitrogens with one attached hydrogen (secondary N) is 1. The lowest BCUT2D eigenvalue weighted by Gasteiger charge is -2.33. The number of hydrogen-bond donors (Lipinski definition) is 1. The molecule has 1 fully saturated rings. The number of pyridine rings is 1. The minimum Gasteiger partial charge on any atom is -0.342 e. The van der Waals surface area contributed by atoms with Gasteiger partial charge in [0.15, 0.2) is 0 Å². The Bertz CT molecular complexity index is 699. The molecule has 0 radical (unpaired) electrons. The summed E-state index contributed by atoms with van der Waals surface area (Å²) >= 11 is 0. The molecule has 2 aromatic rings. The van der Waals surface area contributed by atoms with E-state index in [-0.39, 0.29) is 5.91 Å². The Morgan fingerprint density at radius 3 is 3.04 bits per heavy atom. The Morgan fingerprint density at radius 1 is 1.42 bits per heavy atom. The number of aromatic amines is 1. The van der Waals surface area contributed by atoms with Crippen LogP contribution in [0.1, 0.15) is 36.2 Å². The van der Waals surface area contributed by atoms with Gasteiger partial charge < -0.3 is 9.80 Å². The molecule has 0 aliphatic carbocycles. The third-order valence-corrected chi connectivity index (χ3v) is 5.16. The number of likely N-dealkylation sites (tertiary alicyclic amines) is 1. The normalized spacial score (nSPS) is 17.7. The van der Waals surface area contributed by atoms with Crippen molar-refractivity contribution in [3.05, 3.63) is 47.5 Å². The summed E-state index contributed by atoms with van der Waals surface area (Å²) in [5.41, 5.74) is 3.46. The maximum absolute atomic E-state index is 12.6. The summed E-state index contributed by atoms with van der Waals surface area (Å²) < 4.78 is 0. The third kappa shape index (κ3) is 5.14. The lowest BCUT2D eigenvalue weighted by Crippen LogP contribution is -2.41. The predicted molar refractivity (Wildman–Crippen MR) is 102 cm³/mol. The Labute approximate surface area is 155 Å². The highest BCUT2D eigenvalue weighted by Gasteiger charge is 2.24. The predicted octanol–water partition coefficient (Wildman–Crippen LogP) is 2.42. The Kier molecular flexibility index (Phi) is 6.39. The van der Waals surface area contributed by atoms with Crippen molar-refractivity contribution in [2.24, 2.45) is 5.92 Å². The fraction of sp³-hybridized carbons (Fsp3) is 0.550. The second-order valence-electron chi connectivity index (χ2n) is 7.39. The van der Waals surface area contributed by atoms with Gasteiger partial charge in [0.1, 0.15) is 0 Å². The first-order valence-electron chi connectivity index (χ1n) is 9.47. The van der Waals surface area contributed by atoms with E-state index in [2.05, 4.69) is 31.9 Å². The van der Waals surface area contributed by atoms with Crippen LogP contribution in [0.25, 0.3) is 0 Å². The smallest absolute Gasteiger partial charge is 0.223 e. The van der Waals surface area contributed by atoms with Crippen molar-refractivity contribution >= 4 is 5.91 Å². The van der Waals surface area contributed by atoms with E-state index in [0.29, 0.717) is 12.3 Å². The summed E-state index contributed by atoms with van der Waals surface area (Å²) in [6.07, 6.45) is 7.51. The van der Waals surface area contributed by atoms with Crippen LogP contribution < -0.4 is 0 Å². The van der Waals surface area contributed by atoms with Crippen LogP contribution in [0.4, 0.5) is 0 Å². The van der Waals surface area contributed by atoms with Gasteiger partial charge in [-0.2, -0.15) is 5.10 Å². The molecule has 3 heterocycles. The zero-order chi connectivity index (χ0) is 18.4. The standard InChI is InChI=1S/C20H29N5O/c1-16-13-22-23-19(16)12-17-6-5-10-25(14-17)20(26)8-11-24(2)15-18-7-3-4-9-21-18/h3-4,7,9,13,17H,5-6,8,10-12,14-15H2,1-2H3,(H,22,23)/t17-/m1/s1. The van der Waals surface area contributed by atoms with Crippen molar-refractivity contribution in [1.29, 1.82) is 0 Å². The van der Waals surface area contributed by atoms with Crippen molar-refractivity contribution in [2.45, 2.75) is 39.2 Å². The number of carbonyl (C=O) groups excluding carboxylic acids is 1. The van der Waals surface area contributed by atoms with Crippen LogP contribution >= 0.6 is 0 Å². The van der Waals surface area contributed by atoms with Crippen molar-refractivity contribution in [1.82, 2.24) is 25.0 Å². The van der Waals surface area contributed by atoms with Crippen molar-refractivity contribution in [2.75, 3.05) is 26.7 Å². The van der Waals surface area contributed by atoms with Gasteiger partial charge in [-0.05, 0) is 56.8 Å². The summed E-state index contributed by atoms with van der Waals surface area (Å²) in [4.78, 5) is 21.2. The fourth-order valence-corrected chi connectivity index (χ4v) is 3.62.